The van der Waals surface area contributed by atoms with Crippen molar-refractivity contribution < 1.29 is 0 Å². The maximum absolute atomic E-state index is 6.14. The smallest absolute Gasteiger partial charge is 0.116 e. The Hall–Kier alpha value is -1.82. The Bertz CT molecular complexity index is 788. The Labute approximate surface area is 137 Å². The summed E-state index contributed by atoms with van der Waals surface area (Å²) in [5, 5.41) is 4.66. The summed E-state index contributed by atoms with van der Waals surface area (Å²) in [6.07, 6.45) is 1.88. The van der Waals surface area contributed by atoms with Gasteiger partial charge < -0.3 is 5.73 Å². The van der Waals surface area contributed by atoms with Crippen molar-refractivity contribution in [3.05, 3.63) is 63.4 Å². The number of aromatic nitrogens is 2. The normalized spacial score (nSPS) is 10.8. The van der Waals surface area contributed by atoms with Crippen LogP contribution >= 0.6 is 22.6 Å². The molecule has 0 saturated heterocycles. The fourth-order valence-corrected chi connectivity index (χ4v) is 2.76. The van der Waals surface area contributed by atoms with E-state index in [1.165, 1.54) is 14.7 Å². The lowest BCUT2D eigenvalue weighted by Crippen LogP contribution is -1.98. The summed E-state index contributed by atoms with van der Waals surface area (Å²) >= 11 is 2.29. The second-order valence-electron chi connectivity index (χ2n) is 5.17. The summed E-state index contributed by atoms with van der Waals surface area (Å²) in [4.78, 5) is 0. The molecule has 0 radical (unpaired) electrons. The van der Waals surface area contributed by atoms with Gasteiger partial charge in [-0.05, 0) is 60.2 Å². The molecule has 1 aromatic heterocycles. The molecular weight excluding hydrogens is 373 g/mol. The first kappa shape index (κ1) is 14.1. The van der Waals surface area contributed by atoms with E-state index in [0.717, 1.165) is 16.9 Å². The molecule has 0 amide bonds. The first-order valence-corrected chi connectivity index (χ1v) is 7.81. The van der Waals surface area contributed by atoms with Crippen LogP contribution in [0.1, 0.15) is 11.1 Å². The van der Waals surface area contributed by atoms with Gasteiger partial charge in [-0.15, -0.1) is 0 Å². The van der Waals surface area contributed by atoms with Gasteiger partial charge in [0.05, 0.1) is 17.6 Å². The highest BCUT2D eigenvalue weighted by molar-refractivity contribution is 14.1. The molecule has 3 nitrogen and oxygen atoms in total. The second kappa shape index (κ2) is 5.52. The molecule has 0 aliphatic heterocycles. The van der Waals surface area contributed by atoms with E-state index < -0.39 is 0 Å². The highest BCUT2D eigenvalue weighted by Gasteiger charge is 2.11. The molecular formula is C17H16IN3. The van der Waals surface area contributed by atoms with Crippen LogP contribution in [0.5, 0.6) is 0 Å². The Balaban J connectivity index is 2.07. The number of halogens is 1. The van der Waals surface area contributed by atoms with Crippen molar-refractivity contribution in [3.63, 3.8) is 0 Å². The zero-order chi connectivity index (χ0) is 15.0. The highest BCUT2D eigenvalue weighted by Crippen LogP contribution is 2.27. The minimum absolute atomic E-state index is 0.691. The number of rotatable bonds is 2. The second-order valence-corrected chi connectivity index (χ2v) is 6.42. The Morgan fingerprint density at radius 1 is 1.05 bits per heavy atom. The van der Waals surface area contributed by atoms with E-state index in [1.807, 2.05) is 23.0 Å². The van der Waals surface area contributed by atoms with Crippen molar-refractivity contribution in [1.82, 2.24) is 9.78 Å². The lowest BCUT2D eigenvalue weighted by atomic mass is 10.1. The molecule has 0 aliphatic rings. The van der Waals surface area contributed by atoms with Gasteiger partial charge in [0.2, 0.25) is 0 Å². The van der Waals surface area contributed by atoms with E-state index in [0.29, 0.717) is 5.69 Å². The number of nitrogen functional groups attached to an aromatic ring is 1. The van der Waals surface area contributed by atoms with Crippen LogP contribution in [0, 0.1) is 17.4 Å². The monoisotopic (exact) mass is 389 g/mol. The summed E-state index contributed by atoms with van der Waals surface area (Å²) in [5.41, 5.74) is 12.2. The van der Waals surface area contributed by atoms with Crippen molar-refractivity contribution in [2.75, 3.05) is 5.73 Å². The zero-order valence-corrected chi connectivity index (χ0v) is 14.1. The molecule has 0 aliphatic carbocycles. The highest BCUT2D eigenvalue weighted by atomic mass is 127. The lowest BCUT2D eigenvalue weighted by Gasteiger charge is -2.06. The van der Waals surface area contributed by atoms with Crippen molar-refractivity contribution in [2.24, 2.45) is 0 Å². The van der Waals surface area contributed by atoms with E-state index in [9.17, 15) is 0 Å². The first-order chi connectivity index (χ1) is 10.0. The van der Waals surface area contributed by atoms with Crippen LogP contribution < -0.4 is 5.73 Å². The summed E-state index contributed by atoms with van der Waals surface area (Å²) in [6.45, 7) is 4.18. The van der Waals surface area contributed by atoms with E-state index in [-0.39, 0.29) is 0 Å². The topological polar surface area (TPSA) is 43.8 Å². The summed E-state index contributed by atoms with van der Waals surface area (Å²) < 4.78 is 3.06. The molecule has 3 rings (SSSR count). The van der Waals surface area contributed by atoms with Gasteiger partial charge in [0.1, 0.15) is 5.69 Å². The average molecular weight is 389 g/mol. The number of hydrogen-bond acceptors (Lipinski definition) is 2. The van der Waals surface area contributed by atoms with Crippen LogP contribution in [0.3, 0.4) is 0 Å². The SMILES string of the molecule is Cc1ccc(-n2cc(N)c(-c3ccc(I)cc3)n2)c(C)c1. The number of nitrogens with two attached hydrogens (primary N) is 1. The molecule has 21 heavy (non-hydrogen) atoms. The maximum atomic E-state index is 6.14. The molecule has 0 fully saturated rings. The van der Waals surface area contributed by atoms with Gasteiger partial charge in [0.15, 0.2) is 0 Å². The van der Waals surface area contributed by atoms with Crippen molar-refractivity contribution in [1.29, 1.82) is 0 Å². The van der Waals surface area contributed by atoms with Gasteiger partial charge in [0, 0.05) is 9.13 Å². The van der Waals surface area contributed by atoms with Crippen LogP contribution in [-0.2, 0) is 0 Å². The molecule has 0 unspecified atom stereocenters. The summed E-state index contributed by atoms with van der Waals surface area (Å²) in [6, 6.07) is 14.5. The van der Waals surface area contributed by atoms with E-state index in [1.54, 1.807) is 0 Å². The standard InChI is InChI=1S/C17H16IN3/c1-11-3-8-16(12(2)9-11)21-10-15(19)17(20-21)13-4-6-14(18)7-5-13/h3-10H,19H2,1-2H3. The number of hydrogen-bond donors (Lipinski definition) is 1. The minimum atomic E-state index is 0.691. The van der Waals surface area contributed by atoms with Crippen molar-refractivity contribution >= 4 is 28.3 Å². The molecule has 3 aromatic rings. The Morgan fingerprint density at radius 3 is 2.43 bits per heavy atom. The third kappa shape index (κ3) is 2.81. The van der Waals surface area contributed by atoms with E-state index >= 15 is 0 Å². The van der Waals surface area contributed by atoms with Crippen molar-refractivity contribution in [2.45, 2.75) is 13.8 Å². The third-order valence-corrected chi connectivity index (χ3v) is 4.18. The number of benzene rings is 2. The quantitative estimate of drug-likeness (QED) is 0.663. The third-order valence-electron chi connectivity index (χ3n) is 3.46. The zero-order valence-electron chi connectivity index (χ0n) is 12.0. The molecule has 0 bridgehead atoms. The molecule has 2 N–H and O–H groups in total. The van der Waals surface area contributed by atoms with Gasteiger partial charge in [0.25, 0.3) is 0 Å². The Morgan fingerprint density at radius 2 is 1.76 bits per heavy atom. The van der Waals surface area contributed by atoms with Crippen molar-refractivity contribution in [3.8, 4) is 16.9 Å². The fourth-order valence-electron chi connectivity index (χ4n) is 2.41. The maximum Gasteiger partial charge on any atom is 0.116 e. The molecule has 2 aromatic carbocycles. The predicted octanol–water partition coefficient (Wildman–Crippen LogP) is 4.34. The number of aryl methyl sites for hydroxylation is 2. The lowest BCUT2D eigenvalue weighted by molar-refractivity contribution is 0.876. The molecule has 0 atom stereocenters. The largest absolute Gasteiger partial charge is 0.396 e. The van der Waals surface area contributed by atoms with Gasteiger partial charge >= 0.3 is 0 Å². The minimum Gasteiger partial charge on any atom is -0.396 e. The van der Waals surface area contributed by atoms with Gasteiger partial charge in [-0.2, -0.15) is 5.10 Å². The average Bonchev–Trinajstić information content (AvgIpc) is 2.81. The van der Waals surface area contributed by atoms with Crippen LogP contribution in [0.4, 0.5) is 5.69 Å². The van der Waals surface area contributed by atoms with E-state index in [2.05, 4.69) is 71.9 Å². The molecule has 0 saturated carbocycles. The molecule has 106 valence electrons. The molecule has 4 heteroatoms. The Kier molecular flexibility index (Phi) is 3.71. The van der Waals surface area contributed by atoms with E-state index in [4.69, 9.17) is 5.73 Å². The van der Waals surface area contributed by atoms with Gasteiger partial charge in [-0.1, -0.05) is 29.8 Å². The summed E-state index contributed by atoms with van der Waals surface area (Å²) in [5.74, 6) is 0. The van der Waals surface area contributed by atoms with Crippen LogP contribution in [0.25, 0.3) is 16.9 Å². The number of anilines is 1. The van der Waals surface area contributed by atoms with Gasteiger partial charge in [-0.25, -0.2) is 4.68 Å². The molecule has 0 spiro atoms. The van der Waals surface area contributed by atoms with Gasteiger partial charge in [-0.3, -0.25) is 0 Å². The first-order valence-electron chi connectivity index (χ1n) is 6.73. The van der Waals surface area contributed by atoms with Crippen LogP contribution in [0.2, 0.25) is 0 Å². The molecule has 1 heterocycles. The number of nitrogens with zero attached hydrogens (tertiary/aromatic N) is 2. The summed E-state index contributed by atoms with van der Waals surface area (Å²) in [7, 11) is 0. The van der Waals surface area contributed by atoms with Crippen LogP contribution in [-0.4, -0.2) is 9.78 Å². The fraction of sp³-hybridized carbons (Fsp3) is 0.118. The van der Waals surface area contributed by atoms with Crippen LogP contribution in [0.15, 0.2) is 48.7 Å². The predicted molar refractivity (Wildman–Crippen MR) is 95.6 cm³/mol.